The fourth-order valence-electron chi connectivity index (χ4n) is 4.77. The molecule has 0 aromatic heterocycles. The number of sulfonamides is 1. The van der Waals surface area contributed by atoms with Crippen molar-refractivity contribution >= 4 is 33.2 Å². The van der Waals surface area contributed by atoms with Crippen LogP contribution in [0.1, 0.15) is 36.2 Å². The number of aliphatic hydroxyl groups is 1. The lowest BCUT2D eigenvalue weighted by atomic mass is 10.00. The van der Waals surface area contributed by atoms with Gasteiger partial charge < -0.3 is 25.6 Å². The fraction of sp³-hybridized carbons (Fsp3) is 0.387. The number of hydrogen-bond acceptors (Lipinski definition) is 7. The van der Waals surface area contributed by atoms with E-state index in [9.17, 15) is 18.3 Å². The van der Waals surface area contributed by atoms with E-state index in [1.807, 2.05) is 44.2 Å². The largest absolute Gasteiger partial charge is 0.488 e. The molecule has 226 valence electrons. The van der Waals surface area contributed by atoms with Gasteiger partial charge in [-0.2, -0.15) is 4.31 Å². The normalized spacial score (nSPS) is 16.9. The van der Waals surface area contributed by atoms with Crippen LogP contribution in [0.5, 0.6) is 5.75 Å². The average molecular weight is 616 g/mol. The minimum atomic E-state index is -3.96. The second kappa shape index (κ2) is 14.3. The van der Waals surface area contributed by atoms with Gasteiger partial charge in [0.05, 0.1) is 30.3 Å². The maximum absolute atomic E-state index is 13.6. The van der Waals surface area contributed by atoms with Crippen LogP contribution in [-0.2, 0) is 21.2 Å². The van der Waals surface area contributed by atoms with E-state index < -0.39 is 28.1 Å². The number of carbonyl (C=O) groups is 1. The third-order valence-electron chi connectivity index (χ3n) is 6.88. The standard InChI is InChI=1S/C31H38ClN3O6S/c1-21(2)18-35(42(38,39)28-10-8-25(33)9-11-28)19-30(36)29(14-22-6-4-3-5-7-22)34-31(37)23-15-24(32)17-27(16-23)41-26-12-13-40-20-26/h3-11,15-17,21,26,29-30,36H,12-14,18-20,33H2,1-2H3,(H,34,37)/t26-,29+,30-/m1/s1. The van der Waals surface area contributed by atoms with Crippen LogP contribution < -0.4 is 15.8 Å². The highest BCUT2D eigenvalue weighted by molar-refractivity contribution is 7.89. The Hall–Kier alpha value is -3.15. The molecule has 1 saturated heterocycles. The summed E-state index contributed by atoms with van der Waals surface area (Å²) in [4.78, 5) is 13.6. The summed E-state index contributed by atoms with van der Waals surface area (Å²) in [5, 5.41) is 14.7. The van der Waals surface area contributed by atoms with Crippen LogP contribution in [0.4, 0.5) is 5.69 Å². The van der Waals surface area contributed by atoms with Crippen molar-refractivity contribution < 1.29 is 27.8 Å². The lowest BCUT2D eigenvalue weighted by Gasteiger charge is -2.31. The molecule has 1 fully saturated rings. The molecule has 1 aliphatic rings. The number of aliphatic hydroxyl groups excluding tert-OH is 1. The number of amides is 1. The number of nitrogens with two attached hydrogens (primary N) is 1. The highest BCUT2D eigenvalue weighted by atomic mass is 35.5. The average Bonchev–Trinajstić information content (AvgIpc) is 3.45. The number of rotatable bonds is 13. The molecule has 0 radical (unpaired) electrons. The third-order valence-corrected chi connectivity index (χ3v) is 8.94. The summed E-state index contributed by atoms with van der Waals surface area (Å²) < 4.78 is 39.8. The molecule has 9 nitrogen and oxygen atoms in total. The maximum Gasteiger partial charge on any atom is 0.251 e. The Morgan fingerprint density at radius 3 is 2.48 bits per heavy atom. The Bertz CT molecular complexity index is 1430. The summed E-state index contributed by atoms with van der Waals surface area (Å²) in [7, 11) is -3.96. The van der Waals surface area contributed by atoms with Crippen molar-refractivity contribution in [3.05, 3.63) is 88.9 Å². The first kappa shape index (κ1) is 31.8. The summed E-state index contributed by atoms with van der Waals surface area (Å²) in [6, 6.07) is 19.3. The molecule has 11 heteroatoms. The zero-order chi connectivity index (χ0) is 30.3. The quantitative estimate of drug-likeness (QED) is 0.246. The highest BCUT2D eigenvalue weighted by Gasteiger charge is 2.31. The summed E-state index contributed by atoms with van der Waals surface area (Å²) >= 11 is 6.32. The molecule has 4 N–H and O–H groups in total. The van der Waals surface area contributed by atoms with Crippen molar-refractivity contribution in [3.63, 3.8) is 0 Å². The number of nitrogens with one attached hydrogen (secondary N) is 1. The first-order valence-electron chi connectivity index (χ1n) is 13.9. The van der Waals surface area contributed by atoms with Crippen molar-refractivity contribution in [2.45, 2.75) is 49.8 Å². The van der Waals surface area contributed by atoms with Gasteiger partial charge in [-0.1, -0.05) is 55.8 Å². The Kier molecular flexibility index (Phi) is 10.9. The Morgan fingerprint density at radius 1 is 1.12 bits per heavy atom. The zero-order valence-corrected chi connectivity index (χ0v) is 25.4. The van der Waals surface area contributed by atoms with Crippen LogP contribution >= 0.6 is 11.6 Å². The Labute approximate surface area is 252 Å². The maximum atomic E-state index is 13.6. The summed E-state index contributed by atoms with van der Waals surface area (Å²) in [5.74, 6) is -0.0408. The summed E-state index contributed by atoms with van der Waals surface area (Å²) in [6.07, 6.45) is -0.343. The van der Waals surface area contributed by atoms with Crippen LogP contribution in [0.15, 0.2) is 77.7 Å². The second-order valence-electron chi connectivity index (χ2n) is 10.9. The Morgan fingerprint density at radius 2 is 1.83 bits per heavy atom. The number of nitrogen functional groups attached to an aromatic ring is 1. The minimum absolute atomic E-state index is 0.0157. The van der Waals surface area contributed by atoms with Gasteiger partial charge in [-0.3, -0.25) is 4.79 Å². The molecule has 3 atom stereocenters. The van der Waals surface area contributed by atoms with Crippen LogP contribution in [0.2, 0.25) is 5.02 Å². The van der Waals surface area contributed by atoms with Crippen LogP contribution in [0.25, 0.3) is 0 Å². The molecule has 0 unspecified atom stereocenters. The highest BCUT2D eigenvalue weighted by Crippen LogP contribution is 2.25. The topological polar surface area (TPSA) is 131 Å². The molecule has 0 bridgehead atoms. The van der Waals surface area contributed by atoms with Gasteiger partial charge in [0.25, 0.3) is 5.91 Å². The molecule has 0 aliphatic carbocycles. The van der Waals surface area contributed by atoms with Gasteiger partial charge in [-0.25, -0.2) is 8.42 Å². The fourth-order valence-corrected chi connectivity index (χ4v) is 6.61. The summed E-state index contributed by atoms with van der Waals surface area (Å²) in [5.41, 5.74) is 7.34. The lowest BCUT2D eigenvalue weighted by Crippen LogP contribution is -2.51. The van der Waals surface area contributed by atoms with E-state index in [4.69, 9.17) is 26.8 Å². The SMILES string of the molecule is CC(C)CN(C[C@@H](O)[C@H](Cc1ccccc1)NC(=O)c1cc(Cl)cc(O[C@@H]2CCOC2)c1)S(=O)(=O)c1ccc(N)cc1. The third kappa shape index (κ3) is 8.68. The molecular weight excluding hydrogens is 578 g/mol. The first-order chi connectivity index (χ1) is 20.0. The van der Waals surface area contributed by atoms with Gasteiger partial charge in [0.1, 0.15) is 11.9 Å². The molecule has 0 saturated carbocycles. The van der Waals surface area contributed by atoms with Crippen LogP contribution in [-0.4, -0.2) is 68.3 Å². The van der Waals surface area contributed by atoms with Crippen molar-refractivity contribution in [1.82, 2.24) is 9.62 Å². The summed E-state index contributed by atoms with van der Waals surface area (Å²) in [6.45, 7) is 4.82. The number of halogens is 1. The van der Waals surface area contributed by atoms with E-state index in [2.05, 4.69) is 5.32 Å². The molecule has 42 heavy (non-hydrogen) atoms. The molecule has 1 heterocycles. The van der Waals surface area contributed by atoms with Gasteiger partial charge >= 0.3 is 0 Å². The van der Waals surface area contributed by atoms with E-state index in [1.54, 1.807) is 12.1 Å². The van der Waals surface area contributed by atoms with Gasteiger partial charge in [-0.05, 0) is 60.4 Å². The monoisotopic (exact) mass is 615 g/mol. The van der Waals surface area contributed by atoms with E-state index in [0.717, 1.165) is 12.0 Å². The molecule has 4 rings (SSSR count). The molecule has 1 aliphatic heterocycles. The van der Waals surface area contributed by atoms with E-state index in [-0.39, 0.29) is 42.0 Å². The van der Waals surface area contributed by atoms with E-state index in [1.165, 1.54) is 34.6 Å². The number of hydrogen-bond donors (Lipinski definition) is 3. The van der Waals surface area contributed by atoms with Crippen molar-refractivity contribution in [1.29, 1.82) is 0 Å². The molecule has 1 amide bonds. The Balaban J connectivity index is 1.58. The zero-order valence-electron chi connectivity index (χ0n) is 23.8. The first-order valence-corrected chi connectivity index (χ1v) is 15.8. The van der Waals surface area contributed by atoms with Gasteiger partial charge in [-0.15, -0.1) is 0 Å². The van der Waals surface area contributed by atoms with Gasteiger partial charge in [0, 0.05) is 35.8 Å². The lowest BCUT2D eigenvalue weighted by molar-refractivity contribution is 0.0775. The predicted octanol–water partition coefficient (Wildman–Crippen LogP) is 4.14. The molecule has 3 aromatic carbocycles. The number of carbonyl (C=O) groups excluding carboxylic acids is 1. The smallest absolute Gasteiger partial charge is 0.251 e. The number of benzene rings is 3. The van der Waals surface area contributed by atoms with Crippen LogP contribution in [0, 0.1) is 5.92 Å². The molecule has 0 spiro atoms. The van der Waals surface area contributed by atoms with Crippen LogP contribution in [0.3, 0.4) is 0 Å². The van der Waals surface area contributed by atoms with E-state index >= 15 is 0 Å². The number of nitrogens with zero attached hydrogens (tertiary/aromatic N) is 1. The van der Waals surface area contributed by atoms with Gasteiger partial charge in [0.15, 0.2) is 0 Å². The molecule has 3 aromatic rings. The van der Waals surface area contributed by atoms with E-state index in [0.29, 0.717) is 29.7 Å². The van der Waals surface area contributed by atoms with Crippen molar-refractivity contribution in [3.8, 4) is 5.75 Å². The minimum Gasteiger partial charge on any atom is -0.488 e. The van der Waals surface area contributed by atoms with Gasteiger partial charge in [0.2, 0.25) is 10.0 Å². The molecular formula is C31H38ClN3O6S. The number of ether oxygens (including phenoxy) is 2. The van der Waals surface area contributed by atoms with Crippen molar-refractivity contribution in [2.75, 3.05) is 32.0 Å². The number of anilines is 1. The second-order valence-corrected chi connectivity index (χ2v) is 13.3. The predicted molar refractivity (Wildman–Crippen MR) is 163 cm³/mol. The van der Waals surface area contributed by atoms with Crippen molar-refractivity contribution in [2.24, 2.45) is 5.92 Å².